The topological polar surface area (TPSA) is 32.5 Å². The van der Waals surface area contributed by atoms with Gasteiger partial charge in [-0.3, -0.25) is 4.90 Å². The molecule has 21 heavy (non-hydrogen) atoms. The Morgan fingerprint density at radius 3 is 3.00 bits per heavy atom. The van der Waals surface area contributed by atoms with E-state index in [1.165, 1.54) is 43.6 Å². The number of hydrogen-bond donors (Lipinski definition) is 1. The van der Waals surface area contributed by atoms with Crippen LogP contribution in [0, 0.1) is 0 Å². The molecule has 1 aromatic heterocycles. The predicted molar refractivity (Wildman–Crippen MR) is 90.6 cm³/mol. The average molecular weight is 308 g/mol. The second kappa shape index (κ2) is 6.37. The van der Waals surface area contributed by atoms with Crippen LogP contribution < -0.4 is 5.73 Å². The lowest BCUT2D eigenvalue weighted by Gasteiger charge is -2.51. The van der Waals surface area contributed by atoms with E-state index in [0.29, 0.717) is 6.04 Å². The van der Waals surface area contributed by atoms with Gasteiger partial charge in [0.1, 0.15) is 0 Å². The average Bonchev–Trinajstić information content (AvgIpc) is 3.14. The van der Waals surface area contributed by atoms with Gasteiger partial charge in [-0.25, -0.2) is 0 Å². The second-order valence-electron chi connectivity index (χ2n) is 7.02. The SMILES string of the molecule is CC(C)N(Cc1cccs1)C1(CN)CCN2CCCC2C1. The van der Waals surface area contributed by atoms with Crippen molar-refractivity contribution in [2.24, 2.45) is 5.73 Å². The quantitative estimate of drug-likeness (QED) is 0.908. The van der Waals surface area contributed by atoms with Crippen molar-refractivity contribution >= 4 is 11.3 Å². The number of nitrogens with two attached hydrogens (primary N) is 1. The molecular weight excluding hydrogens is 278 g/mol. The van der Waals surface area contributed by atoms with Gasteiger partial charge < -0.3 is 10.6 Å². The standard InChI is InChI=1S/C17H29N3S/c1-14(2)20(12-16-6-4-10-21-16)17(13-18)7-9-19-8-3-5-15(19)11-17/h4,6,10,14-15H,3,5,7-9,11-13,18H2,1-2H3. The third-order valence-corrected chi connectivity index (χ3v) is 6.36. The van der Waals surface area contributed by atoms with Crippen LogP contribution in [0.15, 0.2) is 17.5 Å². The highest BCUT2D eigenvalue weighted by molar-refractivity contribution is 7.09. The van der Waals surface area contributed by atoms with Crippen LogP contribution >= 0.6 is 11.3 Å². The molecule has 0 aromatic carbocycles. The zero-order chi connectivity index (χ0) is 14.9. The number of fused-ring (bicyclic) bond motifs is 1. The first-order valence-corrected chi connectivity index (χ1v) is 9.26. The van der Waals surface area contributed by atoms with Crippen LogP contribution in [0.5, 0.6) is 0 Å². The fourth-order valence-electron chi connectivity index (χ4n) is 4.35. The summed E-state index contributed by atoms with van der Waals surface area (Å²) in [5, 5.41) is 2.18. The van der Waals surface area contributed by atoms with E-state index in [2.05, 4.69) is 41.2 Å². The van der Waals surface area contributed by atoms with Gasteiger partial charge in [-0.15, -0.1) is 11.3 Å². The van der Waals surface area contributed by atoms with Crippen LogP contribution in [0.4, 0.5) is 0 Å². The van der Waals surface area contributed by atoms with E-state index < -0.39 is 0 Å². The largest absolute Gasteiger partial charge is 0.329 e. The van der Waals surface area contributed by atoms with Crippen molar-refractivity contribution in [2.75, 3.05) is 19.6 Å². The summed E-state index contributed by atoms with van der Waals surface area (Å²) >= 11 is 1.87. The van der Waals surface area contributed by atoms with Crippen LogP contribution in [-0.2, 0) is 6.54 Å². The lowest BCUT2D eigenvalue weighted by Crippen LogP contribution is -2.62. The molecule has 0 bridgehead atoms. The molecule has 2 fully saturated rings. The Kier molecular flexibility index (Phi) is 4.69. The second-order valence-corrected chi connectivity index (χ2v) is 8.05. The lowest BCUT2D eigenvalue weighted by molar-refractivity contribution is -0.0138. The molecule has 0 saturated carbocycles. The van der Waals surface area contributed by atoms with Crippen molar-refractivity contribution in [3.8, 4) is 0 Å². The molecule has 0 radical (unpaired) electrons. The number of piperidine rings is 1. The molecule has 118 valence electrons. The summed E-state index contributed by atoms with van der Waals surface area (Å²) in [7, 11) is 0. The van der Waals surface area contributed by atoms with E-state index in [9.17, 15) is 0 Å². The molecular formula is C17H29N3S. The first-order valence-electron chi connectivity index (χ1n) is 8.38. The molecule has 0 aliphatic carbocycles. The highest BCUT2D eigenvalue weighted by Crippen LogP contribution is 2.38. The molecule has 2 atom stereocenters. The fraction of sp³-hybridized carbons (Fsp3) is 0.765. The van der Waals surface area contributed by atoms with Crippen molar-refractivity contribution in [1.29, 1.82) is 0 Å². The zero-order valence-corrected chi connectivity index (χ0v) is 14.2. The van der Waals surface area contributed by atoms with E-state index in [4.69, 9.17) is 5.73 Å². The van der Waals surface area contributed by atoms with Crippen molar-refractivity contribution in [3.63, 3.8) is 0 Å². The number of hydrogen-bond acceptors (Lipinski definition) is 4. The number of nitrogens with zero attached hydrogens (tertiary/aromatic N) is 2. The lowest BCUT2D eigenvalue weighted by atomic mass is 9.80. The van der Waals surface area contributed by atoms with E-state index in [0.717, 1.165) is 19.1 Å². The Balaban J connectivity index is 1.80. The van der Waals surface area contributed by atoms with Gasteiger partial charge in [0.05, 0.1) is 0 Å². The summed E-state index contributed by atoms with van der Waals surface area (Å²) in [6.07, 6.45) is 5.22. The molecule has 1 aromatic rings. The van der Waals surface area contributed by atoms with Gasteiger partial charge in [0.2, 0.25) is 0 Å². The molecule has 2 aliphatic rings. The molecule has 0 amide bonds. The highest BCUT2D eigenvalue weighted by Gasteiger charge is 2.45. The first-order chi connectivity index (χ1) is 10.1. The van der Waals surface area contributed by atoms with Crippen molar-refractivity contribution in [2.45, 2.75) is 63.7 Å². The zero-order valence-electron chi connectivity index (χ0n) is 13.4. The summed E-state index contributed by atoms with van der Waals surface area (Å²) in [6.45, 7) is 9.03. The molecule has 2 unspecified atom stereocenters. The van der Waals surface area contributed by atoms with Gasteiger partial charge in [-0.1, -0.05) is 6.07 Å². The molecule has 2 aliphatic heterocycles. The summed E-state index contributed by atoms with van der Waals surface area (Å²) in [5.74, 6) is 0. The van der Waals surface area contributed by atoms with Gasteiger partial charge in [0.15, 0.2) is 0 Å². The number of rotatable bonds is 5. The molecule has 2 N–H and O–H groups in total. The van der Waals surface area contributed by atoms with Crippen molar-refractivity contribution < 1.29 is 0 Å². The maximum atomic E-state index is 6.33. The van der Waals surface area contributed by atoms with Gasteiger partial charge in [0.25, 0.3) is 0 Å². The summed E-state index contributed by atoms with van der Waals surface area (Å²) in [5.41, 5.74) is 6.53. The molecule has 3 nitrogen and oxygen atoms in total. The maximum absolute atomic E-state index is 6.33. The Bertz CT molecular complexity index is 445. The Hall–Kier alpha value is -0.420. The highest BCUT2D eigenvalue weighted by atomic mass is 32.1. The van der Waals surface area contributed by atoms with Crippen LogP contribution in [0.2, 0.25) is 0 Å². The summed E-state index contributed by atoms with van der Waals surface area (Å²) in [6, 6.07) is 5.73. The Labute approximate surface area is 133 Å². The predicted octanol–water partition coefficient (Wildman–Crippen LogP) is 2.91. The van der Waals surface area contributed by atoms with Crippen LogP contribution in [-0.4, -0.2) is 47.1 Å². The van der Waals surface area contributed by atoms with Gasteiger partial charge >= 0.3 is 0 Å². The molecule has 2 saturated heterocycles. The van der Waals surface area contributed by atoms with Crippen LogP contribution in [0.3, 0.4) is 0 Å². The van der Waals surface area contributed by atoms with Gasteiger partial charge in [0, 0.05) is 42.1 Å². The van der Waals surface area contributed by atoms with Crippen molar-refractivity contribution in [3.05, 3.63) is 22.4 Å². The minimum absolute atomic E-state index is 0.198. The normalized spacial score (nSPS) is 30.2. The molecule has 0 spiro atoms. The van der Waals surface area contributed by atoms with E-state index in [-0.39, 0.29) is 5.54 Å². The third kappa shape index (κ3) is 3.04. The summed E-state index contributed by atoms with van der Waals surface area (Å²) < 4.78 is 0. The smallest absolute Gasteiger partial charge is 0.0365 e. The maximum Gasteiger partial charge on any atom is 0.0365 e. The molecule has 4 heteroatoms. The fourth-order valence-corrected chi connectivity index (χ4v) is 5.05. The first kappa shape index (κ1) is 15.5. The Morgan fingerprint density at radius 2 is 2.33 bits per heavy atom. The van der Waals surface area contributed by atoms with Crippen LogP contribution in [0.1, 0.15) is 44.4 Å². The van der Waals surface area contributed by atoms with Crippen LogP contribution in [0.25, 0.3) is 0 Å². The third-order valence-electron chi connectivity index (χ3n) is 5.50. The van der Waals surface area contributed by atoms with Crippen molar-refractivity contribution in [1.82, 2.24) is 9.80 Å². The number of thiophene rings is 1. The minimum atomic E-state index is 0.198. The van der Waals surface area contributed by atoms with E-state index in [1.54, 1.807) is 0 Å². The summed E-state index contributed by atoms with van der Waals surface area (Å²) in [4.78, 5) is 6.84. The monoisotopic (exact) mass is 307 g/mol. The molecule has 3 heterocycles. The van der Waals surface area contributed by atoms with E-state index in [1.807, 2.05) is 11.3 Å². The molecule has 3 rings (SSSR count). The van der Waals surface area contributed by atoms with E-state index >= 15 is 0 Å². The van der Waals surface area contributed by atoms with Gasteiger partial charge in [-0.05, 0) is 57.5 Å². The minimum Gasteiger partial charge on any atom is -0.329 e. The Morgan fingerprint density at radius 1 is 1.48 bits per heavy atom. The van der Waals surface area contributed by atoms with Gasteiger partial charge in [-0.2, -0.15) is 0 Å².